The first-order chi connectivity index (χ1) is 6.59. The second-order valence-corrected chi connectivity index (χ2v) is 3.12. The van der Waals surface area contributed by atoms with E-state index in [2.05, 4.69) is 25.6 Å². The molecule has 14 heavy (non-hydrogen) atoms. The van der Waals surface area contributed by atoms with Crippen molar-refractivity contribution in [1.82, 2.24) is 25.6 Å². The molecular formula is C5H2F3N5S. The quantitative estimate of drug-likeness (QED) is 0.789. The van der Waals surface area contributed by atoms with E-state index < -0.39 is 11.9 Å². The number of rotatable bonds is 1. The van der Waals surface area contributed by atoms with Crippen LogP contribution in [-0.4, -0.2) is 25.6 Å². The highest BCUT2D eigenvalue weighted by Crippen LogP contribution is 2.36. The minimum absolute atomic E-state index is 0.0974. The molecule has 0 aromatic carbocycles. The number of hydrogen-bond donors (Lipinski definition) is 1. The molecule has 1 N–H and O–H groups in total. The Labute approximate surface area is 79.0 Å². The van der Waals surface area contributed by atoms with Crippen LogP contribution < -0.4 is 0 Å². The van der Waals surface area contributed by atoms with Crippen LogP contribution in [0.5, 0.6) is 0 Å². The minimum Gasteiger partial charge on any atom is -0.239 e. The number of thiazole rings is 1. The zero-order chi connectivity index (χ0) is 10.2. The maximum atomic E-state index is 12.3. The lowest BCUT2D eigenvalue weighted by atomic mass is 10.3. The lowest BCUT2D eigenvalue weighted by Gasteiger charge is -2.02. The van der Waals surface area contributed by atoms with E-state index in [9.17, 15) is 13.2 Å². The molecule has 2 aromatic heterocycles. The Morgan fingerprint density at radius 1 is 1.36 bits per heavy atom. The fourth-order valence-corrected chi connectivity index (χ4v) is 1.60. The molecule has 0 fully saturated rings. The Kier molecular flexibility index (Phi) is 1.95. The van der Waals surface area contributed by atoms with Crippen molar-refractivity contribution in [3.8, 4) is 10.7 Å². The molecule has 0 unspecified atom stereocenters. The Morgan fingerprint density at radius 2 is 2.14 bits per heavy atom. The topological polar surface area (TPSA) is 67.3 Å². The molecule has 0 bridgehead atoms. The zero-order valence-corrected chi connectivity index (χ0v) is 7.22. The van der Waals surface area contributed by atoms with Crippen molar-refractivity contribution < 1.29 is 13.2 Å². The first-order valence-electron chi connectivity index (χ1n) is 3.33. The highest BCUT2D eigenvalue weighted by Gasteiger charge is 2.37. The maximum absolute atomic E-state index is 12.3. The first kappa shape index (κ1) is 9.06. The molecule has 9 heteroatoms. The first-order valence-corrected chi connectivity index (χ1v) is 4.21. The average Bonchev–Trinajstić information content (AvgIpc) is 2.73. The third kappa shape index (κ3) is 1.45. The normalized spacial score (nSPS) is 11.9. The molecular weight excluding hydrogens is 219 g/mol. The number of aromatic amines is 1. The van der Waals surface area contributed by atoms with E-state index >= 15 is 0 Å². The summed E-state index contributed by atoms with van der Waals surface area (Å²) in [5.41, 5.74) is 0.109. The van der Waals surface area contributed by atoms with Gasteiger partial charge in [-0.1, -0.05) is 0 Å². The van der Waals surface area contributed by atoms with Crippen LogP contribution in [0.1, 0.15) is 5.69 Å². The number of nitrogens with zero attached hydrogens (tertiary/aromatic N) is 4. The van der Waals surface area contributed by atoms with Gasteiger partial charge in [-0.25, -0.2) is 4.98 Å². The van der Waals surface area contributed by atoms with Gasteiger partial charge < -0.3 is 0 Å². The maximum Gasteiger partial charge on any atom is 0.434 e. The van der Waals surface area contributed by atoms with Crippen molar-refractivity contribution in [2.45, 2.75) is 6.18 Å². The molecule has 0 saturated carbocycles. The number of hydrogen-bond acceptors (Lipinski definition) is 5. The SMILES string of the molecule is FC(F)(F)c1ncsc1-c1nn[nH]n1. The largest absolute Gasteiger partial charge is 0.434 e. The van der Waals surface area contributed by atoms with Crippen LogP contribution in [0.25, 0.3) is 10.7 Å². The molecule has 0 saturated heterocycles. The number of halogens is 3. The second-order valence-electron chi connectivity index (χ2n) is 2.26. The molecule has 2 aromatic rings. The molecule has 74 valence electrons. The monoisotopic (exact) mass is 221 g/mol. The predicted octanol–water partition coefficient (Wildman–Crippen LogP) is 1.34. The van der Waals surface area contributed by atoms with Crippen molar-refractivity contribution in [1.29, 1.82) is 0 Å². The van der Waals surface area contributed by atoms with E-state index in [0.717, 1.165) is 16.8 Å². The predicted molar refractivity (Wildman–Crippen MR) is 40.3 cm³/mol. The Bertz CT molecular complexity index is 419. The van der Waals surface area contributed by atoms with Gasteiger partial charge in [-0.3, -0.25) is 0 Å². The van der Waals surface area contributed by atoms with Gasteiger partial charge in [0, 0.05) is 0 Å². The molecule has 0 aliphatic heterocycles. The van der Waals surface area contributed by atoms with Gasteiger partial charge in [-0.15, -0.1) is 21.5 Å². The van der Waals surface area contributed by atoms with E-state index in [-0.39, 0.29) is 10.7 Å². The molecule has 0 radical (unpaired) electrons. The molecule has 5 nitrogen and oxygen atoms in total. The lowest BCUT2D eigenvalue weighted by molar-refractivity contribution is -0.140. The van der Waals surface area contributed by atoms with Gasteiger partial charge in [0.15, 0.2) is 5.69 Å². The van der Waals surface area contributed by atoms with E-state index in [0.29, 0.717) is 0 Å². The Hall–Kier alpha value is -1.51. The molecule has 0 spiro atoms. The summed E-state index contributed by atoms with van der Waals surface area (Å²) in [6.45, 7) is 0. The van der Waals surface area contributed by atoms with Crippen LogP contribution in [0.3, 0.4) is 0 Å². The molecule has 0 atom stereocenters. The molecule has 0 amide bonds. The van der Waals surface area contributed by atoms with E-state index in [1.807, 2.05) is 0 Å². The van der Waals surface area contributed by atoms with Gasteiger partial charge in [-0.05, 0) is 5.21 Å². The van der Waals surface area contributed by atoms with Crippen LogP contribution in [0.2, 0.25) is 0 Å². The fourth-order valence-electron chi connectivity index (χ4n) is 0.865. The summed E-state index contributed by atoms with van der Waals surface area (Å²) >= 11 is 0.818. The van der Waals surface area contributed by atoms with Crippen LogP contribution in [0.15, 0.2) is 5.51 Å². The van der Waals surface area contributed by atoms with Crippen molar-refractivity contribution >= 4 is 11.3 Å². The third-order valence-corrected chi connectivity index (χ3v) is 2.21. The summed E-state index contributed by atoms with van der Waals surface area (Å²) in [5.74, 6) is -0.0974. The van der Waals surface area contributed by atoms with Gasteiger partial charge >= 0.3 is 6.18 Å². The Balaban J connectivity index is 2.51. The summed E-state index contributed by atoms with van der Waals surface area (Å²) in [4.78, 5) is 3.08. The molecule has 0 aliphatic carbocycles. The highest BCUT2D eigenvalue weighted by atomic mass is 32.1. The molecule has 2 rings (SSSR count). The van der Waals surface area contributed by atoms with Crippen molar-refractivity contribution in [2.75, 3.05) is 0 Å². The van der Waals surface area contributed by atoms with E-state index in [1.165, 1.54) is 0 Å². The lowest BCUT2D eigenvalue weighted by Crippen LogP contribution is -2.07. The van der Waals surface area contributed by atoms with Crippen molar-refractivity contribution in [2.24, 2.45) is 0 Å². The Morgan fingerprint density at radius 3 is 2.71 bits per heavy atom. The van der Waals surface area contributed by atoms with Gasteiger partial charge in [0.1, 0.15) is 4.88 Å². The van der Waals surface area contributed by atoms with Crippen molar-refractivity contribution in [3.05, 3.63) is 11.2 Å². The fraction of sp³-hybridized carbons (Fsp3) is 0.200. The molecule has 0 aliphatic rings. The average molecular weight is 221 g/mol. The summed E-state index contributed by atoms with van der Waals surface area (Å²) in [7, 11) is 0. The smallest absolute Gasteiger partial charge is 0.239 e. The second kappa shape index (κ2) is 3.01. The zero-order valence-electron chi connectivity index (χ0n) is 6.41. The summed E-state index contributed by atoms with van der Waals surface area (Å²) in [5, 5.41) is 12.2. The summed E-state index contributed by atoms with van der Waals surface area (Å²) < 4.78 is 37.0. The standard InChI is InChI=1S/C5H2F3N5S/c6-5(7,8)3-2(14-1-9-3)4-10-12-13-11-4/h1H,(H,10,11,12,13). The number of nitrogens with one attached hydrogen (secondary N) is 1. The third-order valence-electron chi connectivity index (χ3n) is 1.38. The number of alkyl halides is 3. The van der Waals surface area contributed by atoms with Crippen LogP contribution >= 0.6 is 11.3 Å². The minimum atomic E-state index is -4.49. The number of H-pyrrole nitrogens is 1. The van der Waals surface area contributed by atoms with Gasteiger partial charge in [0.25, 0.3) is 0 Å². The summed E-state index contributed by atoms with van der Waals surface area (Å²) in [6.07, 6.45) is -4.49. The van der Waals surface area contributed by atoms with Gasteiger partial charge in [-0.2, -0.15) is 18.4 Å². The van der Waals surface area contributed by atoms with Gasteiger partial charge in [0.2, 0.25) is 5.82 Å². The van der Waals surface area contributed by atoms with Crippen LogP contribution in [-0.2, 0) is 6.18 Å². The van der Waals surface area contributed by atoms with Gasteiger partial charge in [0.05, 0.1) is 5.51 Å². The van der Waals surface area contributed by atoms with E-state index in [4.69, 9.17) is 0 Å². The van der Waals surface area contributed by atoms with E-state index in [1.54, 1.807) is 0 Å². The number of tetrazole rings is 1. The molecule has 2 heterocycles. The number of aromatic nitrogens is 5. The van der Waals surface area contributed by atoms with Crippen LogP contribution in [0.4, 0.5) is 13.2 Å². The summed E-state index contributed by atoms with van der Waals surface area (Å²) in [6, 6.07) is 0. The van der Waals surface area contributed by atoms with Crippen molar-refractivity contribution in [3.63, 3.8) is 0 Å². The van der Waals surface area contributed by atoms with Crippen LogP contribution in [0, 0.1) is 0 Å². The highest BCUT2D eigenvalue weighted by molar-refractivity contribution is 7.13.